The van der Waals surface area contributed by atoms with E-state index in [1.54, 1.807) is 6.20 Å². The lowest BCUT2D eigenvalue weighted by Gasteiger charge is -2.27. The summed E-state index contributed by atoms with van der Waals surface area (Å²) in [4.78, 5) is 16.4. The first-order valence-electron chi connectivity index (χ1n) is 10.7. The number of anilines is 1. The van der Waals surface area contributed by atoms with Gasteiger partial charge in [0.05, 0.1) is 6.04 Å². The maximum atomic E-state index is 12.2. The SMILES string of the molecule is CC(C)C[C@@H](COc1ccc2c(c1)OC(C)c1cnc(N)cc1-2)NC(=O)OC(C)(C)C. The minimum absolute atomic E-state index is 0.131. The molecular formula is C24H33N3O4. The number of carbonyl (C=O) groups excluding carboxylic acids is 1. The molecule has 1 aliphatic rings. The van der Waals surface area contributed by atoms with Crippen molar-refractivity contribution in [1.29, 1.82) is 0 Å². The molecule has 2 heterocycles. The summed E-state index contributed by atoms with van der Waals surface area (Å²) in [5.41, 5.74) is 8.34. The van der Waals surface area contributed by atoms with Gasteiger partial charge in [-0.2, -0.15) is 0 Å². The molecule has 0 spiro atoms. The number of pyridine rings is 1. The Morgan fingerprint density at radius 2 is 2.00 bits per heavy atom. The number of nitrogens with two attached hydrogens (primary N) is 1. The Balaban J connectivity index is 1.72. The Kier molecular flexibility index (Phi) is 6.62. The number of carbonyl (C=O) groups is 1. The third-order valence-corrected chi connectivity index (χ3v) is 4.87. The maximum absolute atomic E-state index is 12.2. The molecule has 0 saturated heterocycles. The van der Waals surface area contributed by atoms with Crippen molar-refractivity contribution in [2.75, 3.05) is 12.3 Å². The van der Waals surface area contributed by atoms with Crippen LogP contribution in [0.3, 0.4) is 0 Å². The average molecular weight is 428 g/mol. The largest absolute Gasteiger partial charge is 0.491 e. The van der Waals surface area contributed by atoms with E-state index in [2.05, 4.69) is 24.1 Å². The molecule has 0 aliphatic carbocycles. The average Bonchev–Trinajstić information content (AvgIpc) is 2.63. The molecular weight excluding hydrogens is 394 g/mol. The number of ether oxygens (including phenoxy) is 3. The quantitative estimate of drug-likeness (QED) is 0.666. The van der Waals surface area contributed by atoms with Gasteiger partial charge in [-0.25, -0.2) is 9.78 Å². The van der Waals surface area contributed by atoms with Gasteiger partial charge in [-0.1, -0.05) is 13.8 Å². The molecule has 1 aromatic heterocycles. The van der Waals surface area contributed by atoms with Gasteiger partial charge in [0.1, 0.15) is 35.6 Å². The number of nitrogen functional groups attached to an aromatic ring is 1. The van der Waals surface area contributed by atoms with Crippen molar-refractivity contribution in [2.45, 2.75) is 65.7 Å². The fourth-order valence-corrected chi connectivity index (χ4v) is 3.61. The number of amides is 1. The van der Waals surface area contributed by atoms with Crippen LogP contribution in [0, 0.1) is 5.92 Å². The monoisotopic (exact) mass is 427 g/mol. The van der Waals surface area contributed by atoms with Gasteiger partial charge in [0.25, 0.3) is 0 Å². The number of benzene rings is 1. The molecule has 2 atom stereocenters. The van der Waals surface area contributed by atoms with E-state index in [9.17, 15) is 4.79 Å². The predicted octanol–water partition coefficient (Wildman–Crippen LogP) is 5.10. The summed E-state index contributed by atoms with van der Waals surface area (Å²) in [5, 5.41) is 2.93. The van der Waals surface area contributed by atoms with Crippen molar-refractivity contribution in [1.82, 2.24) is 10.3 Å². The Morgan fingerprint density at radius 3 is 2.68 bits per heavy atom. The van der Waals surface area contributed by atoms with Crippen molar-refractivity contribution in [3.63, 3.8) is 0 Å². The van der Waals surface area contributed by atoms with E-state index in [1.165, 1.54) is 0 Å². The Labute approximate surface area is 184 Å². The van der Waals surface area contributed by atoms with Crippen LogP contribution < -0.4 is 20.5 Å². The van der Waals surface area contributed by atoms with Crippen LogP contribution in [-0.4, -0.2) is 29.3 Å². The molecule has 0 radical (unpaired) electrons. The van der Waals surface area contributed by atoms with Gasteiger partial charge in [-0.05, 0) is 63.8 Å². The van der Waals surface area contributed by atoms with Crippen LogP contribution in [0.15, 0.2) is 30.5 Å². The van der Waals surface area contributed by atoms with Crippen LogP contribution in [0.1, 0.15) is 59.6 Å². The first-order valence-corrected chi connectivity index (χ1v) is 10.7. The summed E-state index contributed by atoms with van der Waals surface area (Å²) in [6, 6.07) is 7.45. The number of rotatable bonds is 6. The molecule has 1 aromatic carbocycles. The van der Waals surface area contributed by atoms with Gasteiger partial charge < -0.3 is 25.3 Å². The van der Waals surface area contributed by atoms with E-state index >= 15 is 0 Å². The van der Waals surface area contributed by atoms with Crippen molar-refractivity contribution in [3.8, 4) is 22.6 Å². The molecule has 1 aliphatic heterocycles. The van der Waals surface area contributed by atoms with E-state index in [4.69, 9.17) is 19.9 Å². The lowest BCUT2D eigenvalue weighted by atomic mass is 9.95. The molecule has 168 valence electrons. The minimum atomic E-state index is -0.547. The van der Waals surface area contributed by atoms with Crippen molar-refractivity contribution in [2.24, 2.45) is 5.92 Å². The molecule has 0 bridgehead atoms. The van der Waals surface area contributed by atoms with Crippen molar-refractivity contribution >= 4 is 11.9 Å². The molecule has 1 unspecified atom stereocenters. The first-order chi connectivity index (χ1) is 14.5. The highest BCUT2D eigenvalue weighted by molar-refractivity contribution is 5.77. The van der Waals surface area contributed by atoms with Crippen LogP contribution in [0.25, 0.3) is 11.1 Å². The molecule has 3 N–H and O–H groups in total. The molecule has 7 heteroatoms. The first kappa shape index (κ1) is 22.7. The second-order valence-corrected chi connectivity index (χ2v) is 9.40. The van der Waals surface area contributed by atoms with Gasteiger partial charge >= 0.3 is 6.09 Å². The molecule has 1 amide bonds. The number of nitrogens with zero attached hydrogens (tertiary/aromatic N) is 1. The van der Waals surface area contributed by atoms with Crippen LogP contribution in [-0.2, 0) is 4.74 Å². The zero-order valence-corrected chi connectivity index (χ0v) is 19.2. The fraction of sp³-hybridized carbons (Fsp3) is 0.500. The Hall–Kier alpha value is -2.96. The predicted molar refractivity (Wildman–Crippen MR) is 121 cm³/mol. The third kappa shape index (κ3) is 6.03. The van der Waals surface area contributed by atoms with E-state index in [1.807, 2.05) is 52.0 Å². The van der Waals surface area contributed by atoms with Gasteiger partial charge in [-0.3, -0.25) is 0 Å². The number of aromatic nitrogens is 1. The number of hydrogen-bond donors (Lipinski definition) is 2. The minimum Gasteiger partial charge on any atom is -0.491 e. The molecule has 2 aromatic rings. The normalized spacial score (nSPS) is 16.0. The maximum Gasteiger partial charge on any atom is 0.407 e. The van der Waals surface area contributed by atoms with Crippen LogP contribution >= 0.6 is 0 Å². The second-order valence-electron chi connectivity index (χ2n) is 9.40. The topological polar surface area (TPSA) is 95.7 Å². The fourth-order valence-electron chi connectivity index (χ4n) is 3.61. The summed E-state index contributed by atoms with van der Waals surface area (Å²) in [6.07, 6.45) is 1.97. The summed E-state index contributed by atoms with van der Waals surface area (Å²) in [5.74, 6) is 2.29. The highest BCUT2D eigenvalue weighted by Gasteiger charge is 2.25. The molecule has 31 heavy (non-hydrogen) atoms. The van der Waals surface area contributed by atoms with Crippen LogP contribution in [0.4, 0.5) is 10.6 Å². The second kappa shape index (κ2) is 9.04. The number of hydrogen-bond acceptors (Lipinski definition) is 6. The Morgan fingerprint density at radius 1 is 1.26 bits per heavy atom. The molecule has 7 nitrogen and oxygen atoms in total. The van der Waals surface area contributed by atoms with Gasteiger partial charge in [0.2, 0.25) is 0 Å². The number of fused-ring (bicyclic) bond motifs is 3. The van der Waals surface area contributed by atoms with E-state index < -0.39 is 11.7 Å². The number of alkyl carbamates (subject to hydrolysis) is 1. The van der Waals surface area contributed by atoms with E-state index in [0.29, 0.717) is 24.1 Å². The van der Waals surface area contributed by atoms with Crippen LogP contribution in [0.5, 0.6) is 11.5 Å². The Bertz CT molecular complexity index is 937. The standard InChI is InChI=1S/C24H33N3O4/c1-14(2)9-16(27-23(28)31-24(4,5)6)13-29-17-7-8-18-19-11-22(25)26-12-20(19)15(3)30-21(18)10-17/h7-8,10-12,14-16H,9,13H2,1-6H3,(H2,25,26)(H,27,28)/t15?,16-/m0/s1. The summed E-state index contributed by atoms with van der Waals surface area (Å²) in [6.45, 7) is 12.1. The highest BCUT2D eigenvalue weighted by Crippen LogP contribution is 2.43. The molecule has 0 fully saturated rings. The van der Waals surface area contributed by atoms with Crippen LogP contribution in [0.2, 0.25) is 0 Å². The molecule has 3 rings (SSSR count). The summed E-state index contributed by atoms with van der Waals surface area (Å²) >= 11 is 0. The van der Waals surface area contributed by atoms with E-state index in [0.717, 1.165) is 28.9 Å². The zero-order valence-electron chi connectivity index (χ0n) is 19.2. The lowest BCUT2D eigenvalue weighted by Crippen LogP contribution is -2.42. The number of nitrogens with one attached hydrogen (secondary N) is 1. The summed E-state index contributed by atoms with van der Waals surface area (Å²) < 4.78 is 17.5. The van der Waals surface area contributed by atoms with Crippen molar-refractivity contribution in [3.05, 3.63) is 36.0 Å². The van der Waals surface area contributed by atoms with E-state index in [-0.39, 0.29) is 12.1 Å². The zero-order chi connectivity index (χ0) is 22.8. The van der Waals surface area contributed by atoms with Gasteiger partial charge in [0.15, 0.2) is 0 Å². The van der Waals surface area contributed by atoms with Gasteiger partial charge in [-0.15, -0.1) is 0 Å². The van der Waals surface area contributed by atoms with Crippen molar-refractivity contribution < 1.29 is 19.0 Å². The lowest BCUT2D eigenvalue weighted by molar-refractivity contribution is 0.0480. The van der Waals surface area contributed by atoms with Gasteiger partial charge in [0, 0.05) is 23.4 Å². The molecule has 0 saturated carbocycles. The highest BCUT2D eigenvalue weighted by atomic mass is 16.6. The third-order valence-electron chi connectivity index (χ3n) is 4.87. The smallest absolute Gasteiger partial charge is 0.407 e. The summed E-state index contributed by atoms with van der Waals surface area (Å²) in [7, 11) is 0.